The molecule has 0 aliphatic carbocycles. The number of imidazole rings is 1. The Balaban J connectivity index is 1.35. The van der Waals surface area contributed by atoms with Gasteiger partial charge in [0.05, 0.1) is 12.5 Å². The van der Waals surface area contributed by atoms with E-state index in [-0.39, 0.29) is 5.91 Å². The summed E-state index contributed by atoms with van der Waals surface area (Å²) in [6, 6.07) is 16.3. The van der Waals surface area contributed by atoms with Crippen LogP contribution in [0.15, 0.2) is 73.2 Å². The molecule has 34 heavy (non-hydrogen) atoms. The van der Waals surface area contributed by atoms with Crippen LogP contribution in [-0.2, 0) is 5.75 Å². The van der Waals surface area contributed by atoms with Gasteiger partial charge >= 0.3 is 0 Å². The number of nitrogens with zero attached hydrogens (tertiary/aromatic N) is 2. The Bertz CT molecular complexity index is 1290. The summed E-state index contributed by atoms with van der Waals surface area (Å²) in [5.41, 5.74) is 3.28. The number of carbonyl (C=O) groups is 1. The molecule has 0 saturated carbocycles. The van der Waals surface area contributed by atoms with Gasteiger partial charge < -0.3 is 5.32 Å². The van der Waals surface area contributed by atoms with Gasteiger partial charge in [-0.2, -0.15) is 11.8 Å². The van der Waals surface area contributed by atoms with E-state index in [1.54, 1.807) is 65.1 Å². The summed E-state index contributed by atoms with van der Waals surface area (Å²) in [5, 5.41) is 4.15. The molecule has 0 bridgehead atoms. The maximum absolute atomic E-state index is 13.5. The molecule has 1 heterocycles. The van der Waals surface area contributed by atoms with Crippen LogP contribution in [0, 0.1) is 11.6 Å². The first-order chi connectivity index (χ1) is 16.4. The van der Waals surface area contributed by atoms with E-state index in [1.165, 1.54) is 12.3 Å². The van der Waals surface area contributed by atoms with Crippen LogP contribution in [0.2, 0.25) is 10.0 Å². The van der Waals surface area contributed by atoms with Crippen molar-refractivity contribution in [2.45, 2.75) is 5.75 Å². The molecular weight excluding hydrogens is 499 g/mol. The summed E-state index contributed by atoms with van der Waals surface area (Å²) in [6.07, 6.45) is 3.05. The lowest BCUT2D eigenvalue weighted by molar-refractivity contribution is 0.0949. The SMILES string of the molecule is O=C(NCCSCc1c(Cl)cccc1Cl)c1cncn1-c1ccc(-c2ccc(F)c(F)c2)cc1. The van der Waals surface area contributed by atoms with Crippen LogP contribution in [-0.4, -0.2) is 27.8 Å². The number of hydrogen-bond acceptors (Lipinski definition) is 3. The minimum Gasteiger partial charge on any atom is -0.350 e. The number of carbonyl (C=O) groups excluding carboxylic acids is 1. The molecule has 1 amide bonds. The first-order valence-electron chi connectivity index (χ1n) is 10.3. The molecule has 4 nitrogen and oxygen atoms in total. The van der Waals surface area contributed by atoms with Gasteiger partial charge in [-0.15, -0.1) is 0 Å². The highest BCUT2D eigenvalue weighted by Gasteiger charge is 2.13. The molecule has 0 unspecified atom stereocenters. The van der Waals surface area contributed by atoms with Crippen molar-refractivity contribution < 1.29 is 13.6 Å². The van der Waals surface area contributed by atoms with Crippen molar-refractivity contribution in [2.24, 2.45) is 0 Å². The van der Waals surface area contributed by atoms with E-state index in [9.17, 15) is 13.6 Å². The van der Waals surface area contributed by atoms with Crippen LogP contribution < -0.4 is 5.32 Å². The zero-order valence-corrected chi connectivity index (χ0v) is 20.1. The fourth-order valence-electron chi connectivity index (χ4n) is 3.33. The molecule has 0 aliphatic heterocycles. The maximum Gasteiger partial charge on any atom is 0.269 e. The molecule has 9 heteroatoms. The average molecular weight is 518 g/mol. The standard InChI is InChI=1S/C25H19Cl2F2N3OS/c26-20-2-1-3-21(27)19(20)14-34-11-10-31-25(33)24-13-30-15-32(24)18-7-4-16(5-8-18)17-6-9-22(28)23(29)12-17/h1-9,12-13,15H,10-11,14H2,(H,31,33). The van der Waals surface area contributed by atoms with Gasteiger partial charge in [0, 0.05) is 33.8 Å². The average Bonchev–Trinajstić information content (AvgIpc) is 3.32. The van der Waals surface area contributed by atoms with Gasteiger partial charge in [0.15, 0.2) is 11.6 Å². The van der Waals surface area contributed by atoms with Crippen molar-refractivity contribution in [2.75, 3.05) is 12.3 Å². The Morgan fingerprint density at radius 2 is 1.68 bits per heavy atom. The van der Waals surface area contributed by atoms with Gasteiger partial charge in [-0.3, -0.25) is 9.36 Å². The molecule has 1 N–H and O–H groups in total. The minimum absolute atomic E-state index is 0.251. The first kappa shape index (κ1) is 24.3. The minimum atomic E-state index is -0.900. The van der Waals surface area contributed by atoms with E-state index in [1.807, 2.05) is 0 Å². The Morgan fingerprint density at radius 1 is 0.971 bits per heavy atom. The molecule has 3 aromatic carbocycles. The van der Waals surface area contributed by atoms with Gasteiger partial charge in [-0.05, 0) is 53.1 Å². The fraction of sp³-hybridized carbons (Fsp3) is 0.120. The molecule has 0 fully saturated rings. The maximum atomic E-state index is 13.5. The molecule has 0 atom stereocenters. The van der Waals surface area contributed by atoms with E-state index in [0.717, 1.165) is 28.9 Å². The predicted molar refractivity (Wildman–Crippen MR) is 134 cm³/mol. The summed E-state index contributed by atoms with van der Waals surface area (Å²) in [6.45, 7) is 0.464. The molecule has 0 aliphatic rings. The number of hydrogen-bond donors (Lipinski definition) is 1. The Hall–Kier alpha value is -2.87. The summed E-state index contributed by atoms with van der Waals surface area (Å²) in [5.74, 6) is -0.705. The molecule has 1 aromatic heterocycles. The number of benzene rings is 3. The van der Waals surface area contributed by atoms with Crippen molar-refractivity contribution >= 4 is 40.9 Å². The zero-order valence-electron chi connectivity index (χ0n) is 17.8. The second kappa shape index (κ2) is 11.0. The van der Waals surface area contributed by atoms with E-state index < -0.39 is 11.6 Å². The Morgan fingerprint density at radius 3 is 2.38 bits per heavy atom. The Kier molecular flexibility index (Phi) is 7.88. The van der Waals surface area contributed by atoms with Gasteiger partial charge in [0.2, 0.25) is 0 Å². The predicted octanol–water partition coefficient (Wildman–Crippen LogP) is 6.79. The smallest absolute Gasteiger partial charge is 0.269 e. The second-order valence-electron chi connectivity index (χ2n) is 7.33. The van der Waals surface area contributed by atoms with Gasteiger partial charge in [-0.25, -0.2) is 13.8 Å². The lowest BCUT2D eigenvalue weighted by Crippen LogP contribution is -2.27. The number of aromatic nitrogens is 2. The quantitative estimate of drug-likeness (QED) is 0.262. The zero-order chi connectivity index (χ0) is 24.1. The van der Waals surface area contributed by atoms with Gasteiger partial charge in [0.1, 0.15) is 5.69 Å². The summed E-state index contributed by atoms with van der Waals surface area (Å²) in [7, 11) is 0. The van der Waals surface area contributed by atoms with Crippen LogP contribution in [0.3, 0.4) is 0 Å². The third kappa shape index (κ3) is 5.60. The van der Waals surface area contributed by atoms with Crippen molar-refractivity contribution in [3.63, 3.8) is 0 Å². The van der Waals surface area contributed by atoms with E-state index in [0.29, 0.717) is 39.4 Å². The van der Waals surface area contributed by atoms with E-state index in [2.05, 4.69) is 10.3 Å². The van der Waals surface area contributed by atoms with E-state index in [4.69, 9.17) is 23.2 Å². The van der Waals surface area contributed by atoms with E-state index >= 15 is 0 Å². The third-order valence-corrected chi connectivity index (χ3v) is 6.80. The lowest BCUT2D eigenvalue weighted by Gasteiger charge is -2.10. The van der Waals surface area contributed by atoms with Gasteiger partial charge in [0.25, 0.3) is 5.91 Å². The molecule has 0 radical (unpaired) electrons. The molecule has 4 rings (SSSR count). The van der Waals surface area contributed by atoms with Crippen LogP contribution in [0.1, 0.15) is 16.1 Å². The number of nitrogens with one attached hydrogen (secondary N) is 1. The van der Waals surface area contributed by atoms with Crippen molar-refractivity contribution in [3.8, 4) is 16.8 Å². The van der Waals surface area contributed by atoms with Crippen LogP contribution in [0.4, 0.5) is 8.78 Å². The largest absolute Gasteiger partial charge is 0.350 e. The second-order valence-corrected chi connectivity index (χ2v) is 9.25. The summed E-state index contributed by atoms with van der Waals surface area (Å²) >= 11 is 14.0. The highest BCUT2D eigenvalue weighted by molar-refractivity contribution is 7.98. The number of rotatable bonds is 8. The Labute approximate surface area is 209 Å². The molecular formula is C25H19Cl2F2N3OS. The molecule has 0 spiro atoms. The normalized spacial score (nSPS) is 10.9. The molecule has 0 saturated heterocycles. The monoisotopic (exact) mass is 517 g/mol. The van der Waals surface area contributed by atoms with Crippen molar-refractivity contribution in [1.29, 1.82) is 0 Å². The molecule has 174 valence electrons. The number of halogens is 4. The van der Waals surface area contributed by atoms with Crippen LogP contribution in [0.5, 0.6) is 0 Å². The number of amides is 1. The van der Waals surface area contributed by atoms with Crippen LogP contribution in [0.25, 0.3) is 16.8 Å². The van der Waals surface area contributed by atoms with Gasteiger partial charge in [-0.1, -0.05) is 47.5 Å². The van der Waals surface area contributed by atoms with Crippen LogP contribution >= 0.6 is 35.0 Å². The highest BCUT2D eigenvalue weighted by atomic mass is 35.5. The topological polar surface area (TPSA) is 46.9 Å². The van der Waals surface area contributed by atoms with Crippen molar-refractivity contribution in [1.82, 2.24) is 14.9 Å². The van der Waals surface area contributed by atoms with Crippen molar-refractivity contribution in [3.05, 3.63) is 106 Å². The summed E-state index contributed by atoms with van der Waals surface area (Å²) in [4.78, 5) is 16.8. The molecule has 4 aromatic rings. The fourth-order valence-corrected chi connectivity index (χ4v) is 4.93. The number of thioether (sulfide) groups is 1. The highest BCUT2D eigenvalue weighted by Crippen LogP contribution is 2.28. The summed E-state index contributed by atoms with van der Waals surface area (Å²) < 4.78 is 28.4. The third-order valence-electron chi connectivity index (χ3n) is 5.11. The first-order valence-corrected chi connectivity index (χ1v) is 12.2. The lowest BCUT2D eigenvalue weighted by atomic mass is 10.1.